The molecule has 0 amide bonds. The molecule has 28 heavy (non-hydrogen) atoms. The smallest absolute Gasteiger partial charge is 0.310 e. The molecule has 3 atom stereocenters. The number of carbonyl (C=O) groups is 1. The van der Waals surface area contributed by atoms with Gasteiger partial charge in [0.25, 0.3) is 0 Å². The number of nitrogens with zero attached hydrogens (tertiary/aromatic N) is 1. The average molecular weight is 377 g/mol. The SMILES string of the molecule is CC(C)(C)OC(=O)[C@@H]1CCC(O)(C#Cc2ccccn2)C[C@H]1c1ccccc1. The summed E-state index contributed by atoms with van der Waals surface area (Å²) in [5.41, 5.74) is -0.0425. The number of ether oxygens (including phenoxy) is 1. The minimum absolute atomic E-state index is 0.146. The molecule has 3 rings (SSSR count). The molecular formula is C24H27NO3. The number of carbonyl (C=O) groups excluding carboxylic acids is 1. The van der Waals surface area contributed by atoms with Gasteiger partial charge in [0.2, 0.25) is 0 Å². The predicted octanol–water partition coefficient (Wildman–Crippen LogP) is 4.09. The Kier molecular flexibility index (Phi) is 5.86. The fourth-order valence-corrected chi connectivity index (χ4v) is 3.64. The van der Waals surface area contributed by atoms with Crippen LogP contribution >= 0.6 is 0 Å². The van der Waals surface area contributed by atoms with Gasteiger partial charge in [0.1, 0.15) is 16.9 Å². The van der Waals surface area contributed by atoms with Crippen LogP contribution in [0.1, 0.15) is 57.2 Å². The van der Waals surface area contributed by atoms with Crippen LogP contribution in [0.2, 0.25) is 0 Å². The summed E-state index contributed by atoms with van der Waals surface area (Å²) in [7, 11) is 0. The van der Waals surface area contributed by atoms with E-state index in [9.17, 15) is 9.90 Å². The van der Waals surface area contributed by atoms with Crippen LogP contribution < -0.4 is 0 Å². The highest BCUT2D eigenvalue weighted by Crippen LogP contribution is 2.43. The number of esters is 1. The quantitative estimate of drug-likeness (QED) is 0.633. The summed E-state index contributed by atoms with van der Waals surface area (Å²) in [6, 6.07) is 15.4. The van der Waals surface area contributed by atoms with Crippen molar-refractivity contribution < 1.29 is 14.6 Å². The van der Waals surface area contributed by atoms with Crippen molar-refractivity contribution >= 4 is 5.97 Å². The van der Waals surface area contributed by atoms with Crippen molar-refractivity contribution in [1.82, 2.24) is 4.98 Å². The molecule has 0 saturated heterocycles. The highest BCUT2D eigenvalue weighted by molar-refractivity contribution is 5.74. The minimum Gasteiger partial charge on any atom is -0.460 e. The molecule has 1 aliphatic rings. The van der Waals surface area contributed by atoms with Gasteiger partial charge in [-0.25, -0.2) is 4.98 Å². The largest absolute Gasteiger partial charge is 0.460 e. The van der Waals surface area contributed by atoms with E-state index in [0.29, 0.717) is 25.0 Å². The Morgan fingerprint density at radius 3 is 2.54 bits per heavy atom. The fourth-order valence-electron chi connectivity index (χ4n) is 3.64. The van der Waals surface area contributed by atoms with E-state index in [2.05, 4.69) is 16.8 Å². The monoisotopic (exact) mass is 377 g/mol. The van der Waals surface area contributed by atoms with Crippen molar-refractivity contribution in [3.63, 3.8) is 0 Å². The number of benzene rings is 1. The third kappa shape index (κ3) is 5.21. The molecule has 146 valence electrons. The first-order valence-electron chi connectivity index (χ1n) is 9.70. The fraction of sp³-hybridized carbons (Fsp3) is 0.417. The van der Waals surface area contributed by atoms with Crippen LogP contribution in [0.3, 0.4) is 0 Å². The number of rotatable bonds is 2. The lowest BCUT2D eigenvalue weighted by Gasteiger charge is -2.39. The van der Waals surface area contributed by atoms with Crippen LogP contribution in [-0.4, -0.2) is 27.3 Å². The molecule has 1 aromatic carbocycles. The standard InChI is InChI=1S/C24H27NO3/c1-23(2,3)28-22(26)20-13-15-24(27,14-12-19-11-7-8-16-25-19)17-21(20)18-9-5-4-6-10-18/h4-11,16,20-21,27H,13,15,17H2,1-3H3/t20-,21+,24?/m1/s1. The molecule has 1 saturated carbocycles. The molecule has 1 aliphatic carbocycles. The lowest BCUT2D eigenvalue weighted by molar-refractivity contribution is -0.163. The third-order valence-electron chi connectivity index (χ3n) is 4.94. The second-order valence-corrected chi connectivity index (χ2v) is 8.40. The highest BCUT2D eigenvalue weighted by Gasteiger charge is 2.43. The van der Waals surface area contributed by atoms with Gasteiger partial charge in [-0.15, -0.1) is 0 Å². The third-order valence-corrected chi connectivity index (χ3v) is 4.94. The molecule has 1 fully saturated rings. The first-order chi connectivity index (χ1) is 13.3. The maximum atomic E-state index is 12.8. The first kappa shape index (κ1) is 20.1. The van der Waals surface area contributed by atoms with Gasteiger partial charge >= 0.3 is 5.97 Å². The van der Waals surface area contributed by atoms with Crippen LogP contribution in [0.25, 0.3) is 0 Å². The predicted molar refractivity (Wildman–Crippen MR) is 108 cm³/mol. The Labute approximate surface area is 167 Å². The molecule has 0 aliphatic heterocycles. The zero-order valence-electron chi connectivity index (χ0n) is 16.7. The summed E-state index contributed by atoms with van der Waals surface area (Å²) in [4.78, 5) is 17.0. The minimum atomic E-state index is -1.16. The second kappa shape index (κ2) is 8.16. The highest BCUT2D eigenvalue weighted by atomic mass is 16.6. The van der Waals surface area contributed by atoms with Gasteiger partial charge in [-0.3, -0.25) is 4.79 Å². The van der Waals surface area contributed by atoms with Crippen molar-refractivity contribution in [3.05, 3.63) is 66.0 Å². The normalized spacial score (nSPS) is 24.7. The zero-order valence-corrected chi connectivity index (χ0v) is 16.7. The van der Waals surface area contributed by atoms with Crippen LogP contribution in [0.5, 0.6) is 0 Å². The van der Waals surface area contributed by atoms with E-state index in [4.69, 9.17) is 4.74 Å². The summed E-state index contributed by atoms with van der Waals surface area (Å²) >= 11 is 0. The van der Waals surface area contributed by atoms with Crippen molar-refractivity contribution in [1.29, 1.82) is 0 Å². The Balaban J connectivity index is 1.87. The van der Waals surface area contributed by atoms with Gasteiger partial charge in [0.15, 0.2) is 0 Å². The summed E-state index contributed by atoms with van der Waals surface area (Å²) in [6.45, 7) is 5.62. The van der Waals surface area contributed by atoms with E-state index in [-0.39, 0.29) is 17.8 Å². The number of hydrogen-bond acceptors (Lipinski definition) is 4. The molecule has 1 unspecified atom stereocenters. The number of hydrogen-bond donors (Lipinski definition) is 1. The molecule has 4 nitrogen and oxygen atoms in total. The molecule has 0 spiro atoms. The lowest BCUT2D eigenvalue weighted by Crippen LogP contribution is -2.41. The van der Waals surface area contributed by atoms with Crippen molar-refractivity contribution in [2.24, 2.45) is 5.92 Å². The Morgan fingerprint density at radius 1 is 1.18 bits per heavy atom. The molecule has 4 heteroatoms. The molecular weight excluding hydrogens is 350 g/mol. The van der Waals surface area contributed by atoms with Gasteiger partial charge in [-0.2, -0.15) is 0 Å². The summed E-state index contributed by atoms with van der Waals surface area (Å²) in [5, 5.41) is 11.1. The second-order valence-electron chi connectivity index (χ2n) is 8.40. The Morgan fingerprint density at radius 2 is 1.89 bits per heavy atom. The van der Waals surface area contributed by atoms with E-state index in [1.165, 1.54) is 0 Å². The van der Waals surface area contributed by atoms with Gasteiger partial charge in [0.05, 0.1) is 5.92 Å². The van der Waals surface area contributed by atoms with Gasteiger partial charge < -0.3 is 9.84 Å². The first-order valence-corrected chi connectivity index (χ1v) is 9.70. The molecule has 0 radical (unpaired) electrons. The lowest BCUT2D eigenvalue weighted by atomic mass is 9.69. The molecule has 2 aromatic rings. The van der Waals surface area contributed by atoms with E-state index < -0.39 is 11.2 Å². The van der Waals surface area contributed by atoms with Crippen LogP contribution in [0.15, 0.2) is 54.7 Å². The van der Waals surface area contributed by atoms with Crippen molar-refractivity contribution in [2.75, 3.05) is 0 Å². The average Bonchev–Trinajstić information content (AvgIpc) is 2.66. The maximum absolute atomic E-state index is 12.8. The zero-order chi connectivity index (χ0) is 20.2. The number of aromatic nitrogens is 1. The Hall–Kier alpha value is -2.64. The summed E-state index contributed by atoms with van der Waals surface area (Å²) in [6.07, 6.45) is 3.03. The topological polar surface area (TPSA) is 59.4 Å². The molecule has 1 heterocycles. The Bertz CT molecular complexity index is 861. The summed E-state index contributed by atoms with van der Waals surface area (Å²) in [5.74, 6) is 5.35. The van der Waals surface area contributed by atoms with Crippen LogP contribution in [0, 0.1) is 17.8 Å². The van der Waals surface area contributed by atoms with Gasteiger partial charge in [-0.05, 0) is 63.7 Å². The number of pyridine rings is 1. The van der Waals surface area contributed by atoms with E-state index in [1.54, 1.807) is 6.20 Å². The number of aliphatic hydroxyl groups is 1. The van der Waals surface area contributed by atoms with E-state index in [0.717, 1.165) is 5.56 Å². The van der Waals surface area contributed by atoms with Gasteiger partial charge in [-0.1, -0.05) is 42.3 Å². The van der Waals surface area contributed by atoms with Crippen molar-refractivity contribution in [2.45, 2.75) is 57.2 Å². The molecule has 1 aromatic heterocycles. The molecule has 1 N–H and O–H groups in total. The van der Waals surface area contributed by atoms with E-state index >= 15 is 0 Å². The van der Waals surface area contributed by atoms with Gasteiger partial charge in [0, 0.05) is 12.1 Å². The molecule has 0 bridgehead atoms. The maximum Gasteiger partial charge on any atom is 0.310 e. The summed E-state index contributed by atoms with van der Waals surface area (Å²) < 4.78 is 5.66. The van der Waals surface area contributed by atoms with Crippen LogP contribution in [0.4, 0.5) is 0 Å². The van der Waals surface area contributed by atoms with Crippen molar-refractivity contribution in [3.8, 4) is 11.8 Å². The van der Waals surface area contributed by atoms with Crippen LogP contribution in [-0.2, 0) is 9.53 Å². The van der Waals surface area contributed by atoms with E-state index in [1.807, 2.05) is 69.3 Å².